The lowest BCUT2D eigenvalue weighted by Crippen LogP contribution is -2.34. The number of hydrogen-bond donors (Lipinski definition) is 2. The van der Waals surface area contributed by atoms with E-state index in [1.165, 1.54) is 24.3 Å². The third-order valence-electron chi connectivity index (χ3n) is 2.84. The Morgan fingerprint density at radius 2 is 1.78 bits per heavy atom. The van der Waals surface area contributed by atoms with Crippen LogP contribution >= 0.6 is 0 Å². The van der Waals surface area contributed by atoms with Gasteiger partial charge in [0.05, 0.1) is 12.2 Å². The molecule has 1 amide bonds. The Hall–Kier alpha value is -1.77. The molecule has 0 unspecified atom stereocenters. The number of unbranched alkanes of at least 4 members (excludes halogenated alkanes) is 1. The fraction of sp³-hybridized carbons (Fsp3) is 0.500. The van der Waals surface area contributed by atoms with Crippen molar-refractivity contribution in [2.24, 2.45) is 0 Å². The molecule has 0 saturated carbocycles. The average Bonchev–Trinajstić information content (AvgIpc) is 2.44. The lowest BCUT2D eigenvalue weighted by Gasteiger charge is -2.10. The SMILES string of the molecule is CCCCS(=O)(=O)Nc1ccc(CC(=O)NCC(F)(F)F)cc1. The maximum atomic E-state index is 12.0. The minimum Gasteiger partial charge on any atom is -0.347 e. The van der Waals surface area contributed by atoms with E-state index in [9.17, 15) is 26.4 Å². The third-order valence-corrected chi connectivity index (χ3v) is 4.22. The quantitative estimate of drug-likeness (QED) is 0.755. The summed E-state index contributed by atoms with van der Waals surface area (Å²) < 4.78 is 61.8. The van der Waals surface area contributed by atoms with E-state index < -0.39 is 28.7 Å². The Morgan fingerprint density at radius 1 is 1.17 bits per heavy atom. The zero-order chi connectivity index (χ0) is 17.5. The molecule has 0 bridgehead atoms. The summed E-state index contributed by atoms with van der Waals surface area (Å²) in [5.41, 5.74) is 0.835. The van der Waals surface area contributed by atoms with Crippen molar-refractivity contribution in [3.05, 3.63) is 29.8 Å². The van der Waals surface area contributed by atoms with E-state index in [0.717, 1.165) is 6.42 Å². The highest BCUT2D eigenvalue weighted by Crippen LogP contribution is 2.14. The van der Waals surface area contributed by atoms with Crippen molar-refractivity contribution >= 4 is 21.6 Å². The van der Waals surface area contributed by atoms with Crippen LogP contribution in [0.4, 0.5) is 18.9 Å². The van der Waals surface area contributed by atoms with Crippen LogP contribution in [0.15, 0.2) is 24.3 Å². The first-order valence-electron chi connectivity index (χ1n) is 7.04. The van der Waals surface area contributed by atoms with E-state index >= 15 is 0 Å². The first kappa shape index (κ1) is 19.3. The predicted molar refractivity (Wildman–Crippen MR) is 81.5 cm³/mol. The number of carbonyl (C=O) groups is 1. The van der Waals surface area contributed by atoms with Gasteiger partial charge < -0.3 is 5.32 Å². The summed E-state index contributed by atoms with van der Waals surface area (Å²) in [4.78, 5) is 11.4. The van der Waals surface area contributed by atoms with Crippen LogP contribution < -0.4 is 10.0 Å². The number of hydrogen-bond acceptors (Lipinski definition) is 3. The van der Waals surface area contributed by atoms with Gasteiger partial charge in [-0.05, 0) is 24.1 Å². The molecule has 0 aliphatic carbocycles. The van der Waals surface area contributed by atoms with Gasteiger partial charge in [0.1, 0.15) is 6.54 Å². The van der Waals surface area contributed by atoms with E-state index in [1.54, 1.807) is 5.32 Å². The van der Waals surface area contributed by atoms with Gasteiger partial charge in [-0.1, -0.05) is 25.5 Å². The van der Waals surface area contributed by atoms with Crippen LogP contribution in [0.1, 0.15) is 25.3 Å². The lowest BCUT2D eigenvalue weighted by atomic mass is 10.1. The Bertz CT molecular complexity index is 613. The van der Waals surface area contributed by atoms with Gasteiger partial charge in [-0.3, -0.25) is 9.52 Å². The minimum atomic E-state index is -4.45. The zero-order valence-electron chi connectivity index (χ0n) is 12.6. The smallest absolute Gasteiger partial charge is 0.347 e. The van der Waals surface area contributed by atoms with E-state index in [1.807, 2.05) is 6.92 Å². The van der Waals surface area contributed by atoms with Gasteiger partial charge >= 0.3 is 6.18 Å². The van der Waals surface area contributed by atoms with Crippen LogP contribution in [0.3, 0.4) is 0 Å². The van der Waals surface area contributed by atoms with E-state index in [-0.39, 0.29) is 12.2 Å². The summed E-state index contributed by atoms with van der Waals surface area (Å²) >= 11 is 0. The summed E-state index contributed by atoms with van der Waals surface area (Å²) in [5.74, 6) is -0.732. The largest absolute Gasteiger partial charge is 0.405 e. The first-order valence-corrected chi connectivity index (χ1v) is 8.69. The Morgan fingerprint density at radius 3 is 2.30 bits per heavy atom. The van der Waals surface area contributed by atoms with Crippen LogP contribution in [-0.2, 0) is 21.2 Å². The number of halogens is 3. The molecule has 0 radical (unpaired) electrons. The van der Waals surface area contributed by atoms with Gasteiger partial charge in [0.15, 0.2) is 0 Å². The Balaban J connectivity index is 2.55. The third kappa shape index (κ3) is 8.44. The zero-order valence-corrected chi connectivity index (χ0v) is 13.4. The maximum Gasteiger partial charge on any atom is 0.405 e. The highest BCUT2D eigenvalue weighted by Gasteiger charge is 2.27. The molecule has 0 aromatic heterocycles. The number of sulfonamides is 1. The number of benzene rings is 1. The molecular weight excluding hydrogens is 333 g/mol. The number of anilines is 1. The van der Waals surface area contributed by atoms with Crippen LogP contribution in [0.5, 0.6) is 0 Å². The van der Waals surface area contributed by atoms with Gasteiger partial charge in [0, 0.05) is 5.69 Å². The van der Waals surface area contributed by atoms with E-state index in [4.69, 9.17) is 0 Å². The van der Waals surface area contributed by atoms with E-state index in [2.05, 4.69) is 4.72 Å². The van der Waals surface area contributed by atoms with Crippen molar-refractivity contribution < 1.29 is 26.4 Å². The van der Waals surface area contributed by atoms with Gasteiger partial charge in [0.25, 0.3) is 0 Å². The highest BCUT2D eigenvalue weighted by atomic mass is 32.2. The molecule has 1 aromatic rings. The fourth-order valence-electron chi connectivity index (χ4n) is 1.70. The predicted octanol–water partition coefficient (Wildman–Crippen LogP) is 2.45. The molecule has 0 fully saturated rings. The van der Waals surface area contributed by atoms with Crippen molar-refractivity contribution in [2.45, 2.75) is 32.4 Å². The molecule has 1 aromatic carbocycles. The summed E-state index contributed by atoms with van der Waals surface area (Å²) in [7, 11) is -3.41. The molecular formula is C14H19F3N2O3S. The molecule has 0 aliphatic rings. The molecule has 9 heteroatoms. The topological polar surface area (TPSA) is 75.3 Å². The van der Waals surface area contributed by atoms with Crippen molar-refractivity contribution in [3.8, 4) is 0 Å². The minimum absolute atomic E-state index is 0.0189. The maximum absolute atomic E-state index is 12.0. The van der Waals surface area contributed by atoms with Crippen LogP contribution in [0, 0.1) is 0 Å². The number of carbonyl (C=O) groups excluding carboxylic acids is 1. The van der Waals surface area contributed by atoms with Gasteiger partial charge in [-0.2, -0.15) is 13.2 Å². The molecule has 0 spiro atoms. The number of nitrogens with one attached hydrogen (secondary N) is 2. The van der Waals surface area contributed by atoms with Crippen molar-refractivity contribution in [1.29, 1.82) is 0 Å². The van der Waals surface area contributed by atoms with E-state index in [0.29, 0.717) is 17.7 Å². The number of alkyl halides is 3. The summed E-state index contributed by atoms with van der Waals surface area (Å²) in [6.07, 6.45) is -3.35. The number of rotatable bonds is 8. The fourth-order valence-corrected chi connectivity index (χ4v) is 2.97. The monoisotopic (exact) mass is 352 g/mol. The Labute approximate surface area is 133 Å². The van der Waals surface area contributed by atoms with Crippen LogP contribution in [-0.4, -0.2) is 32.8 Å². The molecule has 0 atom stereocenters. The first-order chi connectivity index (χ1) is 10.6. The second kappa shape index (κ2) is 8.19. The molecule has 2 N–H and O–H groups in total. The van der Waals surface area contributed by atoms with Gasteiger partial charge in [0.2, 0.25) is 15.9 Å². The second-order valence-corrected chi connectivity index (χ2v) is 6.88. The number of amides is 1. The van der Waals surface area contributed by atoms with Crippen molar-refractivity contribution in [1.82, 2.24) is 5.32 Å². The average molecular weight is 352 g/mol. The van der Waals surface area contributed by atoms with Crippen LogP contribution in [0.25, 0.3) is 0 Å². The standard InChI is InChI=1S/C14H19F3N2O3S/c1-2-3-8-23(21,22)19-12-6-4-11(5-7-12)9-13(20)18-10-14(15,16)17/h4-7,19H,2-3,8-10H2,1H3,(H,18,20). The highest BCUT2D eigenvalue weighted by molar-refractivity contribution is 7.92. The van der Waals surface area contributed by atoms with Crippen LogP contribution in [0.2, 0.25) is 0 Å². The molecule has 0 heterocycles. The molecule has 1 rings (SSSR count). The summed E-state index contributed by atoms with van der Waals surface area (Å²) in [6.45, 7) is 0.509. The van der Waals surface area contributed by atoms with Crippen molar-refractivity contribution in [2.75, 3.05) is 17.0 Å². The lowest BCUT2D eigenvalue weighted by molar-refractivity contribution is -0.138. The normalized spacial score (nSPS) is 12.0. The Kier molecular flexibility index (Phi) is 6.86. The summed E-state index contributed by atoms with van der Waals surface area (Å²) in [5, 5.41) is 1.77. The molecule has 5 nitrogen and oxygen atoms in total. The summed E-state index contributed by atoms with van der Waals surface area (Å²) in [6, 6.07) is 5.92. The van der Waals surface area contributed by atoms with Crippen molar-refractivity contribution in [3.63, 3.8) is 0 Å². The van der Waals surface area contributed by atoms with Gasteiger partial charge in [-0.15, -0.1) is 0 Å². The molecule has 23 heavy (non-hydrogen) atoms. The molecule has 0 aliphatic heterocycles. The second-order valence-electron chi connectivity index (χ2n) is 5.04. The molecule has 130 valence electrons. The molecule has 0 saturated heterocycles. The van der Waals surface area contributed by atoms with Gasteiger partial charge in [-0.25, -0.2) is 8.42 Å².